The molecule has 0 aromatic heterocycles. The SMILES string of the molecule is Oc1cccc(C(c2ccccc2)c2cc(Cl)c(Cl)c(Cl)c2Cl)c1O.[Na]. The van der Waals surface area contributed by atoms with Crippen LogP contribution < -0.4 is 0 Å². The van der Waals surface area contributed by atoms with Gasteiger partial charge in [-0.15, -0.1) is 0 Å². The Morgan fingerprint density at radius 3 is 2.00 bits per heavy atom. The van der Waals surface area contributed by atoms with E-state index in [-0.39, 0.29) is 61.1 Å². The second-order valence-corrected chi connectivity index (χ2v) is 6.99. The van der Waals surface area contributed by atoms with Crippen molar-refractivity contribution in [3.63, 3.8) is 0 Å². The van der Waals surface area contributed by atoms with Crippen LogP contribution in [0.1, 0.15) is 22.6 Å². The number of phenols is 2. The van der Waals surface area contributed by atoms with Crippen LogP contribution in [0.2, 0.25) is 20.1 Å². The Kier molecular flexibility index (Phi) is 7.58. The van der Waals surface area contributed by atoms with Crippen LogP contribution in [0, 0.1) is 0 Å². The molecule has 3 rings (SSSR count). The summed E-state index contributed by atoms with van der Waals surface area (Å²) in [5.41, 5.74) is 1.90. The Hall–Kier alpha value is -0.580. The summed E-state index contributed by atoms with van der Waals surface area (Å²) in [7, 11) is 0. The molecule has 3 aromatic carbocycles. The Morgan fingerprint density at radius 2 is 1.35 bits per heavy atom. The summed E-state index contributed by atoms with van der Waals surface area (Å²) in [6.07, 6.45) is 0. The number of hydrogen-bond acceptors (Lipinski definition) is 2. The molecule has 0 saturated heterocycles. The van der Waals surface area contributed by atoms with Crippen molar-refractivity contribution in [2.24, 2.45) is 0 Å². The molecule has 0 amide bonds. The molecule has 0 aliphatic rings. The van der Waals surface area contributed by atoms with Crippen molar-refractivity contribution in [1.29, 1.82) is 0 Å². The smallest absolute Gasteiger partial charge is 0.161 e. The van der Waals surface area contributed by atoms with Gasteiger partial charge in [-0.3, -0.25) is 0 Å². The summed E-state index contributed by atoms with van der Waals surface area (Å²) in [6.45, 7) is 0. The first-order chi connectivity index (χ1) is 11.9. The largest absolute Gasteiger partial charge is 0.504 e. The van der Waals surface area contributed by atoms with Crippen LogP contribution in [0.4, 0.5) is 0 Å². The third-order valence-electron chi connectivity index (χ3n) is 3.93. The zero-order chi connectivity index (χ0) is 18.1. The maximum Gasteiger partial charge on any atom is 0.161 e. The molecule has 2 N–H and O–H groups in total. The van der Waals surface area contributed by atoms with E-state index < -0.39 is 5.92 Å². The van der Waals surface area contributed by atoms with Gasteiger partial charge in [0.25, 0.3) is 0 Å². The van der Waals surface area contributed by atoms with Crippen LogP contribution in [-0.2, 0) is 0 Å². The van der Waals surface area contributed by atoms with Gasteiger partial charge >= 0.3 is 0 Å². The van der Waals surface area contributed by atoms with Crippen LogP contribution in [0.3, 0.4) is 0 Å². The van der Waals surface area contributed by atoms with Crippen molar-refractivity contribution < 1.29 is 10.2 Å². The molecule has 0 bridgehead atoms. The van der Waals surface area contributed by atoms with Gasteiger partial charge in [-0.25, -0.2) is 0 Å². The quantitative estimate of drug-likeness (QED) is 0.161. The first-order valence-electron chi connectivity index (χ1n) is 7.30. The van der Waals surface area contributed by atoms with Crippen molar-refractivity contribution in [2.45, 2.75) is 5.92 Å². The van der Waals surface area contributed by atoms with Crippen molar-refractivity contribution >= 4 is 76.0 Å². The first-order valence-corrected chi connectivity index (χ1v) is 8.81. The summed E-state index contributed by atoms with van der Waals surface area (Å²) >= 11 is 24.9. The number of halogens is 4. The predicted molar refractivity (Wildman–Crippen MR) is 109 cm³/mol. The summed E-state index contributed by atoms with van der Waals surface area (Å²) < 4.78 is 0. The van der Waals surface area contributed by atoms with E-state index in [1.807, 2.05) is 30.3 Å². The second kappa shape index (κ2) is 9.07. The molecule has 3 aromatic rings. The zero-order valence-electron chi connectivity index (χ0n) is 13.7. The standard InChI is InChI=1S/C19H12Cl4O2.Na/c20-13-9-12(16(21)18(23)17(13)22)15(10-5-2-1-3-6-10)11-7-4-8-14(24)19(11)25;/h1-9,15,24-25H;. The van der Waals surface area contributed by atoms with Gasteiger partial charge in [0.05, 0.1) is 20.1 Å². The van der Waals surface area contributed by atoms with E-state index in [4.69, 9.17) is 46.4 Å². The summed E-state index contributed by atoms with van der Waals surface area (Å²) in [4.78, 5) is 0. The Balaban J connectivity index is 0.00000243. The third kappa shape index (κ3) is 4.13. The molecule has 0 heterocycles. The fourth-order valence-electron chi connectivity index (χ4n) is 2.75. The topological polar surface area (TPSA) is 40.5 Å². The van der Waals surface area contributed by atoms with E-state index in [1.165, 1.54) is 6.07 Å². The Labute approximate surface area is 193 Å². The molecule has 0 saturated carbocycles. The average Bonchev–Trinajstić information content (AvgIpc) is 2.62. The van der Waals surface area contributed by atoms with E-state index in [0.717, 1.165) is 5.56 Å². The second-order valence-electron chi connectivity index (χ2n) is 5.45. The number of phenolic OH excluding ortho intramolecular Hbond substituents is 2. The van der Waals surface area contributed by atoms with Crippen molar-refractivity contribution in [1.82, 2.24) is 0 Å². The Morgan fingerprint density at radius 1 is 0.692 bits per heavy atom. The monoisotopic (exact) mass is 435 g/mol. The number of rotatable bonds is 3. The van der Waals surface area contributed by atoms with Gasteiger partial charge in [-0.2, -0.15) is 0 Å². The van der Waals surface area contributed by atoms with E-state index in [0.29, 0.717) is 11.1 Å². The third-order valence-corrected chi connectivity index (χ3v) is 5.70. The van der Waals surface area contributed by atoms with E-state index in [2.05, 4.69) is 0 Å². The van der Waals surface area contributed by atoms with Crippen molar-refractivity contribution in [3.05, 3.63) is 91.4 Å². The minimum atomic E-state index is -0.493. The zero-order valence-corrected chi connectivity index (χ0v) is 18.7. The minimum Gasteiger partial charge on any atom is -0.504 e. The molecule has 0 fully saturated rings. The van der Waals surface area contributed by atoms with E-state index in [1.54, 1.807) is 18.2 Å². The fourth-order valence-corrected chi connectivity index (χ4v) is 3.68. The Bertz CT molecular complexity index is 933. The number of para-hydroxylation sites is 1. The summed E-state index contributed by atoms with van der Waals surface area (Å²) in [5.74, 6) is -0.941. The van der Waals surface area contributed by atoms with Gasteiger partial charge in [-0.1, -0.05) is 88.9 Å². The summed E-state index contributed by atoms with van der Waals surface area (Å²) in [5, 5.41) is 21.1. The molecule has 0 spiro atoms. The van der Waals surface area contributed by atoms with Crippen molar-refractivity contribution in [2.75, 3.05) is 0 Å². The van der Waals surface area contributed by atoms with Gasteiger partial charge in [0.15, 0.2) is 11.5 Å². The van der Waals surface area contributed by atoms with E-state index >= 15 is 0 Å². The van der Waals surface area contributed by atoms with Crippen LogP contribution in [0.5, 0.6) is 11.5 Å². The minimum absolute atomic E-state index is 0. The normalized spacial score (nSPS) is 11.7. The molecule has 2 nitrogen and oxygen atoms in total. The molecule has 1 atom stereocenters. The first kappa shape index (κ1) is 21.7. The number of benzene rings is 3. The molecule has 129 valence electrons. The van der Waals surface area contributed by atoms with Gasteiger partial charge < -0.3 is 10.2 Å². The molecule has 0 aliphatic heterocycles. The van der Waals surface area contributed by atoms with Gasteiger partial charge in [-0.05, 0) is 23.3 Å². The van der Waals surface area contributed by atoms with Gasteiger partial charge in [0.1, 0.15) is 0 Å². The molecule has 1 radical (unpaired) electrons. The molecule has 7 heteroatoms. The molecule has 0 aliphatic carbocycles. The number of aromatic hydroxyl groups is 2. The molecular weight excluding hydrogens is 425 g/mol. The van der Waals surface area contributed by atoms with Crippen LogP contribution in [-0.4, -0.2) is 39.8 Å². The van der Waals surface area contributed by atoms with Crippen molar-refractivity contribution in [3.8, 4) is 11.5 Å². The average molecular weight is 437 g/mol. The van der Waals surface area contributed by atoms with Crippen LogP contribution in [0.25, 0.3) is 0 Å². The van der Waals surface area contributed by atoms with Crippen LogP contribution in [0.15, 0.2) is 54.6 Å². The summed E-state index contributed by atoms with van der Waals surface area (Å²) in [6, 6.07) is 15.8. The number of hydrogen-bond donors (Lipinski definition) is 2. The van der Waals surface area contributed by atoms with Gasteiger partial charge in [0, 0.05) is 41.0 Å². The maximum atomic E-state index is 10.4. The maximum absolute atomic E-state index is 10.4. The predicted octanol–water partition coefficient (Wildman–Crippen LogP) is 6.51. The van der Waals surface area contributed by atoms with Gasteiger partial charge in [0.2, 0.25) is 0 Å². The fraction of sp³-hybridized carbons (Fsp3) is 0.0526. The molecular formula is C19H12Cl4NaO2. The molecule has 1 unspecified atom stereocenters. The molecule has 26 heavy (non-hydrogen) atoms. The van der Waals surface area contributed by atoms with Crippen LogP contribution >= 0.6 is 46.4 Å². The van der Waals surface area contributed by atoms with E-state index in [9.17, 15) is 10.2 Å².